The molecular formula is C38H38Br4O6. The lowest BCUT2D eigenvalue weighted by molar-refractivity contribution is 0.0215. The first kappa shape index (κ1) is 35.9. The van der Waals surface area contributed by atoms with E-state index in [-0.39, 0.29) is 24.4 Å². The number of ether oxygens (including phenoxy) is 6. The Hall–Kier alpha value is -1.92. The lowest BCUT2D eigenvalue weighted by Gasteiger charge is -2.34. The van der Waals surface area contributed by atoms with Crippen LogP contribution in [0.2, 0.25) is 0 Å². The van der Waals surface area contributed by atoms with Crippen molar-refractivity contribution in [2.75, 3.05) is 39.8 Å². The van der Waals surface area contributed by atoms with Crippen LogP contribution in [0.15, 0.2) is 90.7 Å². The largest absolute Gasteiger partial charge is 0.491 e. The second-order valence-corrected chi connectivity index (χ2v) is 16.1. The Morgan fingerprint density at radius 3 is 1.48 bits per heavy atom. The van der Waals surface area contributed by atoms with Gasteiger partial charge in [-0.3, -0.25) is 0 Å². The van der Waals surface area contributed by atoms with Gasteiger partial charge in [0.15, 0.2) is 12.5 Å². The van der Waals surface area contributed by atoms with Crippen LogP contribution in [0.5, 0.6) is 17.2 Å². The molecule has 2 heterocycles. The lowest BCUT2D eigenvalue weighted by Crippen LogP contribution is -2.26. The maximum Gasteiger partial charge on any atom is 0.189 e. The first-order chi connectivity index (χ1) is 23.0. The normalized spacial score (nSPS) is 18.2. The molecule has 0 aromatic heterocycles. The molecule has 4 aromatic rings. The summed E-state index contributed by atoms with van der Waals surface area (Å²) in [4.78, 5) is 0. The van der Waals surface area contributed by atoms with Crippen LogP contribution < -0.4 is 14.2 Å². The molecule has 0 amide bonds. The van der Waals surface area contributed by atoms with E-state index in [1.807, 2.05) is 19.1 Å². The molecule has 0 aliphatic carbocycles. The van der Waals surface area contributed by atoms with Gasteiger partial charge in [-0.05, 0) is 142 Å². The standard InChI is InChI=1S/C38H38Br4O6/c1-5-43-22-48-36-33(41)16-27(17-34(36)42)38(4,26-14-31(39)35(32(40)15-26)47-21-30-20-46-30)25-8-6-23(7-9-25)37(2,3)24-10-12-28(13-11-24)44-18-29-19-45-29/h6-17,29-30H,5,18-22H2,1-4H3. The summed E-state index contributed by atoms with van der Waals surface area (Å²) in [7, 11) is 0. The van der Waals surface area contributed by atoms with Crippen LogP contribution >= 0.6 is 63.7 Å². The topological polar surface area (TPSA) is 62.0 Å². The predicted molar refractivity (Wildman–Crippen MR) is 202 cm³/mol. The number of benzene rings is 4. The molecule has 0 spiro atoms. The number of hydrogen-bond donors (Lipinski definition) is 0. The van der Waals surface area contributed by atoms with Crippen LogP contribution in [0.1, 0.15) is 55.5 Å². The average molecular weight is 910 g/mol. The van der Waals surface area contributed by atoms with Crippen molar-refractivity contribution >= 4 is 63.7 Å². The van der Waals surface area contributed by atoms with Gasteiger partial charge in [0.05, 0.1) is 31.1 Å². The maximum absolute atomic E-state index is 6.13. The van der Waals surface area contributed by atoms with Crippen molar-refractivity contribution in [3.63, 3.8) is 0 Å². The monoisotopic (exact) mass is 906 g/mol. The molecule has 4 aromatic carbocycles. The van der Waals surface area contributed by atoms with Crippen LogP contribution in [-0.4, -0.2) is 52.0 Å². The molecule has 0 N–H and O–H groups in total. The van der Waals surface area contributed by atoms with Gasteiger partial charge in [-0.15, -0.1) is 0 Å². The smallest absolute Gasteiger partial charge is 0.189 e. The Morgan fingerprint density at radius 2 is 1.02 bits per heavy atom. The summed E-state index contributed by atoms with van der Waals surface area (Å²) >= 11 is 15.2. The SMILES string of the molecule is CCOCOc1c(Br)cc(C(C)(c2ccc(C(C)(C)c3ccc(OCC4CO4)cc3)cc2)c2cc(Br)c(OCC3CO3)c(Br)c2)cc1Br. The molecule has 2 saturated heterocycles. The van der Waals surface area contributed by atoms with Crippen LogP contribution in [-0.2, 0) is 25.0 Å². The number of rotatable bonds is 15. The van der Waals surface area contributed by atoms with Crippen molar-refractivity contribution in [2.24, 2.45) is 0 Å². The zero-order valence-corrected chi connectivity index (χ0v) is 33.6. The van der Waals surface area contributed by atoms with Crippen LogP contribution in [0, 0.1) is 0 Å². The van der Waals surface area contributed by atoms with Gasteiger partial charge in [0.2, 0.25) is 0 Å². The number of epoxide rings is 2. The zero-order valence-electron chi connectivity index (χ0n) is 27.3. The zero-order chi connectivity index (χ0) is 34.1. The molecule has 6 nitrogen and oxygen atoms in total. The first-order valence-electron chi connectivity index (χ1n) is 15.9. The summed E-state index contributed by atoms with van der Waals surface area (Å²) in [6, 6.07) is 25.9. The molecule has 0 saturated carbocycles. The third kappa shape index (κ3) is 8.01. The van der Waals surface area contributed by atoms with Gasteiger partial charge in [-0.25, -0.2) is 0 Å². The van der Waals surface area contributed by atoms with Crippen molar-refractivity contribution < 1.29 is 28.4 Å². The molecule has 0 bridgehead atoms. The van der Waals surface area contributed by atoms with E-state index in [0.717, 1.165) is 59.3 Å². The molecule has 6 rings (SSSR count). The minimum Gasteiger partial charge on any atom is -0.491 e. The van der Waals surface area contributed by atoms with Crippen LogP contribution in [0.3, 0.4) is 0 Å². The Labute approximate surface area is 316 Å². The minimum atomic E-state index is -0.570. The van der Waals surface area contributed by atoms with Gasteiger partial charge in [0, 0.05) is 17.4 Å². The average Bonchev–Trinajstić information content (AvgIpc) is 4.01. The Balaban J connectivity index is 1.36. The molecule has 0 radical (unpaired) electrons. The Morgan fingerprint density at radius 1 is 0.604 bits per heavy atom. The van der Waals surface area contributed by atoms with Gasteiger partial charge >= 0.3 is 0 Å². The fourth-order valence-corrected chi connectivity index (χ4v) is 8.54. The van der Waals surface area contributed by atoms with Crippen LogP contribution in [0.4, 0.5) is 0 Å². The summed E-state index contributed by atoms with van der Waals surface area (Å²) in [5.74, 6) is 2.31. The second-order valence-electron chi connectivity index (χ2n) is 12.7. The number of halogens is 4. The van der Waals surface area contributed by atoms with Crippen molar-refractivity contribution in [1.82, 2.24) is 0 Å². The summed E-state index contributed by atoms with van der Waals surface area (Å²) in [6.45, 7) is 12.1. The molecular weight excluding hydrogens is 872 g/mol. The summed E-state index contributed by atoms with van der Waals surface area (Å²) in [5.41, 5.74) is 4.91. The summed E-state index contributed by atoms with van der Waals surface area (Å²) in [5, 5.41) is 0. The predicted octanol–water partition coefficient (Wildman–Crippen LogP) is 10.3. The molecule has 3 atom stereocenters. The summed E-state index contributed by atoms with van der Waals surface area (Å²) in [6.07, 6.45) is 0.387. The van der Waals surface area contributed by atoms with E-state index < -0.39 is 5.41 Å². The van der Waals surface area contributed by atoms with E-state index in [2.05, 4.69) is 145 Å². The van der Waals surface area contributed by atoms with E-state index >= 15 is 0 Å². The summed E-state index contributed by atoms with van der Waals surface area (Å²) < 4.78 is 37.4. The van der Waals surface area contributed by atoms with Crippen molar-refractivity contribution in [3.8, 4) is 17.2 Å². The molecule has 3 unspecified atom stereocenters. The Bertz CT molecular complexity index is 1690. The highest BCUT2D eigenvalue weighted by molar-refractivity contribution is 9.11. The lowest BCUT2D eigenvalue weighted by atomic mass is 9.70. The van der Waals surface area contributed by atoms with Crippen molar-refractivity contribution in [3.05, 3.63) is 119 Å². The fourth-order valence-electron chi connectivity index (χ4n) is 5.71. The van der Waals surface area contributed by atoms with Gasteiger partial charge in [-0.1, -0.05) is 50.2 Å². The highest BCUT2D eigenvalue weighted by Gasteiger charge is 2.35. The van der Waals surface area contributed by atoms with Gasteiger partial charge in [0.1, 0.15) is 36.9 Å². The quantitative estimate of drug-likeness (QED) is 0.0513. The molecule has 254 valence electrons. The highest BCUT2D eigenvalue weighted by Crippen LogP contribution is 2.48. The third-order valence-electron chi connectivity index (χ3n) is 9.06. The van der Waals surface area contributed by atoms with E-state index in [0.29, 0.717) is 25.6 Å². The van der Waals surface area contributed by atoms with Gasteiger partial charge < -0.3 is 28.4 Å². The molecule has 2 aliphatic heterocycles. The van der Waals surface area contributed by atoms with E-state index in [9.17, 15) is 0 Å². The number of hydrogen-bond acceptors (Lipinski definition) is 6. The molecule has 10 heteroatoms. The Kier molecular flexibility index (Phi) is 11.3. The second kappa shape index (κ2) is 15.1. The molecule has 48 heavy (non-hydrogen) atoms. The minimum absolute atomic E-state index is 0.156. The van der Waals surface area contributed by atoms with Crippen molar-refractivity contribution in [1.29, 1.82) is 0 Å². The fraction of sp³-hybridized carbons (Fsp3) is 0.368. The van der Waals surface area contributed by atoms with Gasteiger partial charge in [0.25, 0.3) is 0 Å². The van der Waals surface area contributed by atoms with E-state index in [1.54, 1.807) is 0 Å². The third-order valence-corrected chi connectivity index (χ3v) is 11.4. The van der Waals surface area contributed by atoms with Crippen molar-refractivity contribution in [2.45, 2.75) is 50.7 Å². The van der Waals surface area contributed by atoms with Gasteiger partial charge in [-0.2, -0.15) is 0 Å². The van der Waals surface area contributed by atoms with Crippen LogP contribution in [0.25, 0.3) is 0 Å². The highest BCUT2D eigenvalue weighted by atomic mass is 79.9. The first-order valence-corrected chi connectivity index (χ1v) is 19.1. The van der Waals surface area contributed by atoms with E-state index in [4.69, 9.17) is 28.4 Å². The van der Waals surface area contributed by atoms with E-state index in [1.165, 1.54) is 11.1 Å². The maximum atomic E-state index is 6.13. The molecule has 2 aliphatic rings. The molecule has 2 fully saturated rings.